The Hall–Kier alpha value is -2.61. The second-order valence-corrected chi connectivity index (χ2v) is 10.9. The number of imide groups is 1. The van der Waals surface area contributed by atoms with Crippen molar-refractivity contribution in [1.29, 1.82) is 0 Å². The van der Waals surface area contributed by atoms with Gasteiger partial charge in [-0.1, -0.05) is 29.8 Å². The molecule has 2 rings (SSSR count). The molecule has 0 aromatic heterocycles. The van der Waals surface area contributed by atoms with Crippen molar-refractivity contribution in [3.8, 4) is 0 Å². The van der Waals surface area contributed by atoms with Crippen LogP contribution in [0.3, 0.4) is 0 Å². The average molecular weight is 478 g/mol. The van der Waals surface area contributed by atoms with Gasteiger partial charge in [-0.05, 0) is 79.7 Å². The Bertz CT molecular complexity index is 823. The number of nitrogens with zero attached hydrogens (tertiary/aromatic N) is 1. The lowest BCUT2D eigenvalue weighted by Crippen LogP contribution is -2.54. The van der Waals surface area contributed by atoms with Gasteiger partial charge in [0.2, 0.25) is 0 Å². The van der Waals surface area contributed by atoms with E-state index in [-0.39, 0.29) is 12.5 Å². The fourth-order valence-corrected chi connectivity index (χ4v) is 3.61. The van der Waals surface area contributed by atoms with Gasteiger partial charge in [-0.2, -0.15) is 4.90 Å². The van der Waals surface area contributed by atoms with Gasteiger partial charge < -0.3 is 18.9 Å². The highest BCUT2D eigenvalue weighted by Crippen LogP contribution is 2.23. The molecule has 1 aromatic rings. The van der Waals surface area contributed by atoms with Gasteiger partial charge in [0.05, 0.1) is 12.7 Å². The van der Waals surface area contributed by atoms with E-state index >= 15 is 0 Å². The molecule has 1 fully saturated rings. The van der Waals surface area contributed by atoms with Gasteiger partial charge in [-0.15, -0.1) is 0 Å². The lowest BCUT2D eigenvalue weighted by atomic mass is 9.94. The van der Waals surface area contributed by atoms with Crippen LogP contribution in [0.25, 0.3) is 0 Å². The van der Waals surface area contributed by atoms with E-state index in [1.807, 2.05) is 6.92 Å². The summed E-state index contributed by atoms with van der Waals surface area (Å²) in [6.07, 6.45) is -1.06. The molecule has 2 amide bonds. The Morgan fingerprint density at radius 2 is 1.50 bits per heavy atom. The lowest BCUT2D eigenvalue weighted by Gasteiger charge is -2.32. The molecule has 0 saturated carbocycles. The SMILES string of the molecule is Cc1ccc(CC2COC[C@H](N(C(=O)OC(C)(C)C)C(=O)OC(C)(C)C)C(=O)OC(C)C2)cc1. The molecule has 0 bridgehead atoms. The van der Waals surface area contributed by atoms with Crippen LogP contribution >= 0.6 is 0 Å². The van der Waals surface area contributed by atoms with E-state index in [4.69, 9.17) is 18.9 Å². The normalized spacial score (nSPS) is 22.0. The number of ether oxygens (including phenoxy) is 4. The topological polar surface area (TPSA) is 91.4 Å². The molecule has 1 aliphatic heterocycles. The van der Waals surface area contributed by atoms with Gasteiger partial charge in [0.1, 0.15) is 11.2 Å². The number of cyclic esters (lactones) is 1. The maximum absolute atomic E-state index is 13.1. The number of amides is 2. The predicted octanol–water partition coefficient (Wildman–Crippen LogP) is 5.05. The van der Waals surface area contributed by atoms with Gasteiger partial charge >= 0.3 is 18.2 Å². The quantitative estimate of drug-likeness (QED) is 0.444. The molecule has 0 aliphatic carbocycles. The summed E-state index contributed by atoms with van der Waals surface area (Å²) in [5.41, 5.74) is 0.585. The molecule has 1 saturated heterocycles. The number of hydrogen-bond donors (Lipinski definition) is 0. The standard InChI is InChI=1S/C26H39NO7/c1-17-9-11-19(12-10-17)14-20-13-18(2)32-22(28)21(16-31-15-20)27(23(29)33-25(3,4)5)24(30)34-26(6,7)8/h9-12,18,20-21H,13-16H2,1-8H3/t18?,20?,21-/m0/s1. The molecular formula is C26H39NO7. The molecule has 0 radical (unpaired) electrons. The van der Waals surface area contributed by atoms with Crippen molar-refractivity contribution in [1.82, 2.24) is 4.90 Å². The Morgan fingerprint density at radius 1 is 0.971 bits per heavy atom. The Balaban J connectivity index is 2.24. The average Bonchev–Trinajstić information content (AvgIpc) is 2.71. The molecule has 1 heterocycles. The zero-order chi connectivity index (χ0) is 25.7. The van der Waals surface area contributed by atoms with Gasteiger partial charge in [-0.25, -0.2) is 14.4 Å². The van der Waals surface area contributed by atoms with E-state index in [9.17, 15) is 14.4 Å². The summed E-state index contributed by atoms with van der Waals surface area (Å²) in [6, 6.07) is 6.95. The monoisotopic (exact) mass is 477 g/mol. The highest BCUT2D eigenvalue weighted by molar-refractivity contribution is 5.94. The minimum Gasteiger partial charge on any atom is -0.461 e. The van der Waals surface area contributed by atoms with E-state index in [2.05, 4.69) is 24.3 Å². The van der Waals surface area contributed by atoms with Crippen LogP contribution in [0.5, 0.6) is 0 Å². The van der Waals surface area contributed by atoms with E-state index in [0.717, 1.165) is 12.0 Å². The molecular weight excluding hydrogens is 438 g/mol. The van der Waals surface area contributed by atoms with Crippen LogP contribution in [0.15, 0.2) is 24.3 Å². The van der Waals surface area contributed by atoms with Crippen molar-refractivity contribution in [2.24, 2.45) is 5.92 Å². The van der Waals surface area contributed by atoms with E-state index in [1.165, 1.54) is 5.56 Å². The largest absolute Gasteiger partial charge is 0.461 e. The number of aryl methyl sites for hydroxylation is 1. The summed E-state index contributed by atoms with van der Waals surface area (Å²) < 4.78 is 22.3. The lowest BCUT2D eigenvalue weighted by molar-refractivity contribution is -0.155. The van der Waals surface area contributed by atoms with Crippen LogP contribution in [-0.4, -0.2) is 59.6 Å². The van der Waals surface area contributed by atoms with Crippen molar-refractivity contribution in [3.05, 3.63) is 35.4 Å². The van der Waals surface area contributed by atoms with Crippen molar-refractivity contribution in [2.75, 3.05) is 13.2 Å². The molecule has 0 spiro atoms. The van der Waals surface area contributed by atoms with Gasteiger partial charge in [0.25, 0.3) is 0 Å². The first-order valence-corrected chi connectivity index (χ1v) is 11.7. The van der Waals surface area contributed by atoms with Gasteiger partial charge in [0.15, 0.2) is 6.04 Å². The number of carbonyl (C=O) groups is 3. The number of hydrogen-bond acceptors (Lipinski definition) is 7. The first kappa shape index (κ1) is 27.6. The predicted molar refractivity (Wildman–Crippen MR) is 127 cm³/mol. The molecule has 3 atom stereocenters. The third kappa shape index (κ3) is 8.97. The zero-order valence-corrected chi connectivity index (χ0v) is 21.7. The van der Waals surface area contributed by atoms with Crippen molar-refractivity contribution >= 4 is 18.2 Å². The number of rotatable bonds is 3. The second kappa shape index (κ2) is 11.2. The molecule has 190 valence electrons. The highest BCUT2D eigenvalue weighted by Gasteiger charge is 2.42. The smallest absolute Gasteiger partial charge is 0.420 e. The third-order valence-electron chi connectivity index (χ3n) is 5.02. The summed E-state index contributed by atoms with van der Waals surface area (Å²) in [7, 11) is 0. The molecule has 8 nitrogen and oxygen atoms in total. The molecule has 0 N–H and O–H groups in total. The maximum atomic E-state index is 13.1. The van der Waals surface area contributed by atoms with Crippen molar-refractivity contribution in [3.63, 3.8) is 0 Å². The number of carbonyl (C=O) groups excluding carboxylic acids is 3. The fraction of sp³-hybridized carbons (Fsp3) is 0.654. The molecule has 1 aromatic carbocycles. The van der Waals surface area contributed by atoms with Crippen LogP contribution < -0.4 is 0 Å². The first-order chi connectivity index (χ1) is 15.6. The van der Waals surface area contributed by atoms with Gasteiger partial charge in [-0.3, -0.25) is 0 Å². The summed E-state index contributed by atoms with van der Waals surface area (Å²) in [4.78, 5) is 39.7. The summed E-state index contributed by atoms with van der Waals surface area (Å²) in [5, 5.41) is 0. The Kier molecular flexibility index (Phi) is 9.11. The zero-order valence-electron chi connectivity index (χ0n) is 21.7. The van der Waals surface area contributed by atoms with Crippen LogP contribution in [-0.2, 0) is 30.2 Å². The molecule has 2 unspecified atom stereocenters. The molecule has 8 heteroatoms. The van der Waals surface area contributed by atoms with Crippen molar-refractivity contribution in [2.45, 2.75) is 91.6 Å². The third-order valence-corrected chi connectivity index (χ3v) is 5.02. The van der Waals surface area contributed by atoms with Crippen molar-refractivity contribution < 1.29 is 33.3 Å². The Morgan fingerprint density at radius 3 is 2.00 bits per heavy atom. The highest BCUT2D eigenvalue weighted by atomic mass is 16.6. The van der Waals surface area contributed by atoms with Crippen LogP contribution in [0.1, 0.15) is 66.0 Å². The van der Waals surface area contributed by atoms with Crippen LogP contribution in [0.2, 0.25) is 0 Å². The minimum atomic E-state index is -1.33. The summed E-state index contributed by atoms with van der Waals surface area (Å²) in [5.74, 6) is -0.638. The molecule has 1 aliphatic rings. The first-order valence-electron chi connectivity index (χ1n) is 11.7. The van der Waals surface area contributed by atoms with Gasteiger partial charge in [0, 0.05) is 6.61 Å². The number of esters is 1. The summed E-state index contributed by atoms with van der Waals surface area (Å²) >= 11 is 0. The van der Waals surface area contributed by atoms with E-state index in [0.29, 0.717) is 17.9 Å². The van der Waals surface area contributed by atoms with Crippen LogP contribution in [0, 0.1) is 12.8 Å². The summed E-state index contributed by atoms with van der Waals surface area (Å²) in [6.45, 7) is 14.0. The van der Waals surface area contributed by atoms with E-state index in [1.54, 1.807) is 48.5 Å². The van der Waals surface area contributed by atoms with E-state index < -0.39 is 41.5 Å². The Labute approximate surface area is 202 Å². The fourth-order valence-electron chi connectivity index (χ4n) is 3.61. The number of benzene rings is 1. The minimum absolute atomic E-state index is 0.0979. The van der Waals surface area contributed by atoms with Crippen LogP contribution in [0.4, 0.5) is 9.59 Å². The molecule has 34 heavy (non-hydrogen) atoms. The second-order valence-electron chi connectivity index (χ2n) is 10.9. The maximum Gasteiger partial charge on any atom is 0.420 e.